The minimum atomic E-state index is 0.596. The number of nitrogens with one attached hydrogen (secondary N) is 1. The van der Waals surface area contributed by atoms with Crippen LogP contribution in [-0.4, -0.2) is 31.3 Å². The Kier molecular flexibility index (Phi) is 3.41. The van der Waals surface area contributed by atoms with Crippen molar-refractivity contribution in [3.05, 3.63) is 12.1 Å². The van der Waals surface area contributed by atoms with Crippen LogP contribution in [0.3, 0.4) is 0 Å². The highest BCUT2D eigenvalue weighted by molar-refractivity contribution is 7.99. The lowest BCUT2D eigenvalue weighted by atomic mass is 10.1. The lowest BCUT2D eigenvalue weighted by Gasteiger charge is -2.21. The van der Waals surface area contributed by atoms with Crippen molar-refractivity contribution in [2.45, 2.75) is 6.42 Å². The highest BCUT2D eigenvalue weighted by atomic mass is 32.2. The van der Waals surface area contributed by atoms with E-state index in [0.29, 0.717) is 13.2 Å². The van der Waals surface area contributed by atoms with Gasteiger partial charge in [-0.1, -0.05) is 0 Å². The molecule has 1 saturated heterocycles. The Labute approximate surface area is 111 Å². The van der Waals surface area contributed by atoms with Gasteiger partial charge in [0.1, 0.15) is 13.2 Å². The number of rotatable bonds is 3. The highest BCUT2D eigenvalue weighted by Gasteiger charge is 2.17. The van der Waals surface area contributed by atoms with Crippen LogP contribution < -0.4 is 20.5 Å². The quantitative estimate of drug-likeness (QED) is 0.821. The number of nitrogens with two attached hydrogens (primary N) is 1. The van der Waals surface area contributed by atoms with Crippen LogP contribution in [-0.2, 0) is 0 Å². The Morgan fingerprint density at radius 2 is 2.06 bits per heavy atom. The Morgan fingerprint density at radius 1 is 1.28 bits per heavy atom. The molecule has 3 rings (SSSR count). The second-order valence-electron chi connectivity index (χ2n) is 4.69. The maximum Gasteiger partial charge on any atom is 0.163 e. The van der Waals surface area contributed by atoms with Crippen LogP contribution in [0.2, 0.25) is 0 Å². The topological polar surface area (TPSA) is 56.5 Å². The lowest BCUT2D eigenvalue weighted by Crippen LogP contribution is -2.17. The van der Waals surface area contributed by atoms with Crippen LogP contribution in [0.15, 0.2) is 12.1 Å². The molecular weight excluding hydrogens is 248 g/mol. The normalized spacial score (nSPS) is 21.9. The number of hydrogen-bond acceptors (Lipinski definition) is 5. The van der Waals surface area contributed by atoms with Crippen LogP contribution in [0.5, 0.6) is 11.5 Å². The van der Waals surface area contributed by atoms with E-state index in [1.807, 2.05) is 23.9 Å². The zero-order chi connectivity index (χ0) is 12.4. The predicted molar refractivity (Wildman–Crippen MR) is 75.8 cm³/mol. The minimum Gasteiger partial charge on any atom is -0.486 e. The summed E-state index contributed by atoms with van der Waals surface area (Å²) in [4.78, 5) is 0. The number of nitrogen functional groups attached to an aromatic ring is 1. The Morgan fingerprint density at radius 3 is 2.78 bits per heavy atom. The zero-order valence-electron chi connectivity index (χ0n) is 10.3. The molecule has 5 heteroatoms. The Bertz CT molecular complexity index is 433. The molecule has 1 aromatic rings. The van der Waals surface area contributed by atoms with E-state index in [0.717, 1.165) is 35.3 Å². The van der Waals surface area contributed by atoms with Crippen molar-refractivity contribution in [1.29, 1.82) is 0 Å². The second-order valence-corrected chi connectivity index (χ2v) is 5.84. The van der Waals surface area contributed by atoms with E-state index in [4.69, 9.17) is 15.2 Å². The van der Waals surface area contributed by atoms with Crippen molar-refractivity contribution >= 4 is 23.1 Å². The molecule has 0 aromatic heterocycles. The molecule has 98 valence electrons. The van der Waals surface area contributed by atoms with Crippen molar-refractivity contribution < 1.29 is 9.47 Å². The standard InChI is InChI=1S/C13H18N2O2S/c14-10-5-12-13(17-3-2-16-12)6-11(10)15-7-9-1-4-18-8-9/h5-6,9,15H,1-4,7-8,14H2. The smallest absolute Gasteiger partial charge is 0.163 e. The molecule has 4 nitrogen and oxygen atoms in total. The predicted octanol–water partition coefficient (Wildman–Crippen LogP) is 2.21. The third kappa shape index (κ3) is 2.46. The van der Waals surface area contributed by atoms with E-state index >= 15 is 0 Å². The van der Waals surface area contributed by atoms with Gasteiger partial charge in [0.25, 0.3) is 0 Å². The number of fused-ring (bicyclic) bond motifs is 1. The highest BCUT2D eigenvalue weighted by Crippen LogP contribution is 2.37. The van der Waals surface area contributed by atoms with E-state index in [1.165, 1.54) is 17.9 Å². The van der Waals surface area contributed by atoms with Gasteiger partial charge < -0.3 is 20.5 Å². The molecule has 0 amide bonds. The molecule has 18 heavy (non-hydrogen) atoms. The first-order valence-electron chi connectivity index (χ1n) is 6.33. The Hall–Kier alpha value is -1.23. The van der Waals surface area contributed by atoms with Crippen molar-refractivity contribution in [3.8, 4) is 11.5 Å². The fraction of sp³-hybridized carbons (Fsp3) is 0.538. The van der Waals surface area contributed by atoms with Gasteiger partial charge in [0.2, 0.25) is 0 Å². The number of thioether (sulfide) groups is 1. The van der Waals surface area contributed by atoms with Crippen LogP contribution in [0, 0.1) is 5.92 Å². The van der Waals surface area contributed by atoms with Gasteiger partial charge in [0.05, 0.1) is 11.4 Å². The molecule has 2 aliphatic rings. The summed E-state index contributed by atoms with van der Waals surface area (Å²) in [5.41, 5.74) is 7.71. The van der Waals surface area contributed by atoms with E-state index in [1.54, 1.807) is 0 Å². The van der Waals surface area contributed by atoms with Crippen LogP contribution >= 0.6 is 11.8 Å². The average Bonchev–Trinajstić information content (AvgIpc) is 2.89. The van der Waals surface area contributed by atoms with Crippen molar-refractivity contribution in [2.75, 3.05) is 42.3 Å². The van der Waals surface area contributed by atoms with Gasteiger partial charge in [-0.25, -0.2) is 0 Å². The minimum absolute atomic E-state index is 0.596. The summed E-state index contributed by atoms with van der Waals surface area (Å²) >= 11 is 2.03. The molecule has 0 radical (unpaired) electrons. The van der Waals surface area contributed by atoms with Crippen molar-refractivity contribution in [3.63, 3.8) is 0 Å². The van der Waals surface area contributed by atoms with Crippen LogP contribution in [0.25, 0.3) is 0 Å². The van der Waals surface area contributed by atoms with Gasteiger partial charge in [-0.15, -0.1) is 0 Å². The van der Waals surface area contributed by atoms with Crippen molar-refractivity contribution in [1.82, 2.24) is 0 Å². The summed E-state index contributed by atoms with van der Waals surface area (Å²) in [5, 5.41) is 3.43. The second kappa shape index (κ2) is 5.18. The van der Waals surface area contributed by atoms with Crippen LogP contribution in [0.1, 0.15) is 6.42 Å². The third-order valence-electron chi connectivity index (χ3n) is 3.32. The van der Waals surface area contributed by atoms with E-state index in [9.17, 15) is 0 Å². The van der Waals surface area contributed by atoms with Gasteiger partial charge in [-0.3, -0.25) is 0 Å². The molecule has 0 aliphatic carbocycles. The maximum absolute atomic E-state index is 6.03. The average molecular weight is 266 g/mol. The SMILES string of the molecule is Nc1cc2c(cc1NCC1CCSC1)OCCO2. The maximum atomic E-state index is 6.03. The summed E-state index contributed by atoms with van der Waals surface area (Å²) in [6.45, 7) is 2.19. The fourth-order valence-electron chi connectivity index (χ4n) is 2.26. The summed E-state index contributed by atoms with van der Waals surface area (Å²) in [6.07, 6.45) is 1.29. The molecule has 1 unspecified atom stereocenters. The van der Waals surface area contributed by atoms with E-state index < -0.39 is 0 Å². The molecule has 1 fully saturated rings. The molecule has 0 bridgehead atoms. The van der Waals surface area contributed by atoms with Gasteiger partial charge in [-0.2, -0.15) is 11.8 Å². The van der Waals surface area contributed by atoms with Crippen LogP contribution in [0.4, 0.5) is 11.4 Å². The molecule has 0 spiro atoms. The Balaban J connectivity index is 1.70. The monoisotopic (exact) mass is 266 g/mol. The summed E-state index contributed by atoms with van der Waals surface area (Å²) in [6, 6.07) is 3.80. The van der Waals surface area contributed by atoms with Gasteiger partial charge in [0, 0.05) is 18.7 Å². The number of ether oxygens (including phenoxy) is 2. The first-order chi connectivity index (χ1) is 8.83. The van der Waals surface area contributed by atoms with Gasteiger partial charge in [0.15, 0.2) is 11.5 Å². The van der Waals surface area contributed by atoms with Gasteiger partial charge in [-0.05, 0) is 23.8 Å². The number of benzene rings is 1. The number of hydrogen-bond donors (Lipinski definition) is 2. The van der Waals surface area contributed by atoms with Crippen molar-refractivity contribution in [2.24, 2.45) is 5.92 Å². The summed E-state index contributed by atoms with van der Waals surface area (Å²) < 4.78 is 11.1. The largest absolute Gasteiger partial charge is 0.486 e. The summed E-state index contributed by atoms with van der Waals surface area (Å²) in [5.74, 6) is 4.82. The molecular formula is C13H18N2O2S. The van der Waals surface area contributed by atoms with E-state index in [2.05, 4.69) is 5.32 Å². The lowest BCUT2D eigenvalue weighted by molar-refractivity contribution is 0.172. The zero-order valence-corrected chi connectivity index (χ0v) is 11.1. The molecule has 2 heterocycles. The molecule has 1 aromatic carbocycles. The molecule has 3 N–H and O–H groups in total. The first kappa shape index (κ1) is 11.8. The van der Waals surface area contributed by atoms with Gasteiger partial charge >= 0.3 is 0 Å². The summed E-state index contributed by atoms with van der Waals surface area (Å²) in [7, 11) is 0. The molecule has 0 saturated carbocycles. The third-order valence-corrected chi connectivity index (χ3v) is 4.55. The number of anilines is 2. The first-order valence-corrected chi connectivity index (χ1v) is 7.49. The molecule has 1 atom stereocenters. The van der Waals surface area contributed by atoms with E-state index in [-0.39, 0.29) is 0 Å². The fourth-order valence-corrected chi connectivity index (χ4v) is 3.54. The molecule has 2 aliphatic heterocycles.